The molecule has 0 spiro atoms. The number of rotatable bonds is 5. The second-order valence-electron chi connectivity index (χ2n) is 14.8. The number of nitrogens with zero attached hydrogens (tertiary/aromatic N) is 8. The Kier molecular flexibility index (Phi) is 7.67. The highest BCUT2D eigenvalue weighted by atomic mass is 15.0. The van der Waals surface area contributed by atoms with Crippen LogP contribution in [0.4, 0.5) is 0 Å². The maximum absolute atomic E-state index is 5.40. The van der Waals surface area contributed by atoms with E-state index in [4.69, 9.17) is 39.9 Å². The van der Waals surface area contributed by atoms with Gasteiger partial charge in [0.1, 0.15) is 0 Å². The third-order valence-corrected chi connectivity index (χ3v) is 11.3. The minimum absolute atomic E-state index is 0.543. The lowest BCUT2D eigenvalue weighted by Crippen LogP contribution is -2.02. The summed E-state index contributed by atoms with van der Waals surface area (Å²) in [6.45, 7) is 0. The van der Waals surface area contributed by atoms with E-state index in [9.17, 15) is 0 Å². The van der Waals surface area contributed by atoms with E-state index in [2.05, 4.69) is 84.9 Å². The van der Waals surface area contributed by atoms with Gasteiger partial charge in [0, 0.05) is 74.6 Å². The highest BCUT2D eigenvalue weighted by molar-refractivity contribution is 6.13. The molecule has 0 unspecified atom stereocenters. The summed E-state index contributed by atoms with van der Waals surface area (Å²) in [5.41, 5.74) is 10.9. The molecule has 6 aromatic carbocycles. The van der Waals surface area contributed by atoms with Gasteiger partial charge >= 0.3 is 0 Å². The molecule has 0 atom stereocenters. The van der Waals surface area contributed by atoms with Crippen LogP contribution in [0, 0.1) is 0 Å². The molecule has 6 aromatic heterocycles. The van der Waals surface area contributed by atoms with Crippen molar-refractivity contribution in [3.05, 3.63) is 183 Å². The summed E-state index contributed by atoms with van der Waals surface area (Å²) in [7, 11) is 0. The van der Waals surface area contributed by atoms with Gasteiger partial charge in [-0.05, 0) is 99.8 Å². The molecular weight excluding hydrogens is 737 g/mol. The molecule has 0 saturated heterocycles. The predicted molar refractivity (Wildman–Crippen MR) is 241 cm³/mol. The Morgan fingerprint density at radius 1 is 0.283 bits per heavy atom. The average Bonchev–Trinajstić information content (AvgIpc) is 3.32. The first kappa shape index (κ1) is 33.7. The second-order valence-corrected chi connectivity index (χ2v) is 14.8. The third kappa shape index (κ3) is 5.54. The van der Waals surface area contributed by atoms with Crippen molar-refractivity contribution >= 4 is 65.3 Å². The number of fused-ring (bicyclic) bond motifs is 8. The zero-order valence-electron chi connectivity index (χ0n) is 31.9. The molecule has 0 aliphatic rings. The summed E-state index contributed by atoms with van der Waals surface area (Å²) in [6.07, 6.45) is 9.12. The first-order chi connectivity index (χ1) is 29.7. The van der Waals surface area contributed by atoms with Gasteiger partial charge in [-0.25, -0.2) is 15.0 Å². The molecule has 60 heavy (non-hydrogen) atoms. The SMILES string of the molecule is c1ccc(-c2nc(-c3cc(-c4cc5cccnc5c5ncccc45)cc(-c4cc5cccnc5c5ncccc45)c3)nc(-c3c4ccccc4cc4ncccc34)n2)cc1. The molecule has 0 amide bonds. The monoisotopic (exact) mass is 766 g/mol. The van der Waals surface area contributed by atoms with E-state index in [0.717, 1.165) is 104 Å². The molecule has 0 radical (unpaired) electrons. The van der Waals surface area contributed by atoms with Gasteiger partial charge in [-0.3, -0.25) is 24.9 Å². The normalized spacial score (nSPS) is 11.7. The molecule has 278 valence electrons. The van der Waals surface area contributed by atoms with E-state index < -0.39 is 0 Å². The summed E-state index contributed by atoms with van der Waals surface area (Å²) >= 11 is 0. The van der Waals surface area contributed by atoms with Crippen LogP contribution in [0.5, 0.6) is 0 Å². The van der Waals surface area contributed by atoms with Gasteiger partial charge in [0.25, 0.3) is 0 Å². The molecule has 0 N–H and O–H groups in total. The van der Waals surface area contributed by atoms with Crippen LogP contribution < -0.4 is 0 Å². The van der Waals surface area contributed by atoms with Gasteiger partial charge in [0.2, 0.25) is 0 Å². The third-order valence-electron chi connectivity index (χ3n) is 11.3. The van der Waals surface area contributed by atoms with Gasteiger partial charge in [0.05, 0.1) is 27.6 Å². The average molecular weight is 767 g/mol. The van der Waals surface area contributed by atoms with Crippen LogP contribution in [-0.2, 0) is 0 Å². The maximum Gasteiger partial charge on any atom is 0.165 e. The minimum Gasteiger partial charge on any atom is -0.256 e. The largest absolute Gasteiger partial charge is 0.256 e. The van der Waals surface area contributed by atoms with Crippen molar-refractivity contribution in [1.82, 2.24) is 39.9 Å². The lowest BCUT2D eigenvalue weighted by Gasteiger charge is -2.16. The number of pyridine rings is 5. The number of hydrogen-bond donors (Lipinski definition) is 0. The Hall–Kier alpha value is -8.36. The van der Waals surface area contributed by atoms with Crippen molar-refractivity contribution in [1.29, 1.82) is 0 Å². The van der Waals surface area contributed by atoms with E-state index in [1.165, 1.54) is 0 Å². The summed E-state index contributed by atoms with van der Waals surface area (Å²) in [5, 5.41) is 7.06. The number of hydrogen-bond acceptors (Lipinski definition) is 8. The highest BCUT2D eigenvalue weighted by Crippen LogP contribution is 2.41. The molecule has 8 heteroatoms. The smallest absolute Gasteiger partial charge is 0.165 e. The Balaban J connectivity index is 1.19. The van der Waals surface area contributed by atoms with Crippen LogP contribution in [0.1, 0.15) is 0 Å². The van der Waals surface area contributed by atoms with E-state index >= 15 is 0 Å². The molecule has 12 rings (SSSR count). The second kappa shape index (κ2) is 13.6. The lowest BCUT2D eigenvalue weighted by atomic mass is 9.91. The van der Waals surface area contributed by atoms with Gasteiger partial charge in [-0.1, -0.05) is 84.9 Å². The molecule has 0 fully saturated rings. The van der Waals surface area contributed by atoms with Crippen molar-refractivity contribution in [2.45, 2.75) is 0 Å². The summed E-state index contributed by atoms with van der Waals surface area (Å²) in [4.78, 5) is 39.9. The molecular formula is C52H30N8. The van der Waals surface area contributed by atoms with E-state index in [1.807, 2.05) is 97.7 Å². The van der Waals surface area contributed by atoms with Crippen molar-refractivity contribution in [3.8, 4) is 56.4 Å². The first-order valence-corrected chi connectivity index (χ1v) is 19.7. The minimum atomic E-state index is 0.543. The maximum atomic E-state index is 5.40. The molecule has 6 heterocycles. The molecule has 0 aliphatic heterocycles. The van der Waals surface area contributed by atoms with Gasteiger partial charge in [0.15, 0.2) is 17.5 Å². The number of aromatic nitrogens is 8. The Labute approximate surface area is 343 Å². The fourth-order valence-corrected chi connectivity index (χ4v) is 8.56. The van der Waals surface area contributed by atoms with Crippen LogP contribution in [0.25, 0.3) is 122 Å². The standard InChI is InChI=1S/C52H30N8/c1-2-11-31(12-3-1)50-58-51(60-52(59-50)45-38-16-5-4-13-32(38)30-44-41(45)19-10-20-53-44)37-26-35(42-28-33-14-6-21-54-46(33)48-39(42)17-8-23-56-48)25-36(27-37)43-29-34-15-7-22-55-47(34)49-40(43)18-9-24-57-49/h1-30H. The van der Waals surface area contributed by atoms with Gasteiger partial charge in [-0.15, -0.1) is 0 Å². The van der Waals surface area contributed by atoms with Crippen LogP contribution in [0.15, 0.2) is 183 Å². The Morgan fingerprint density at radius 2 is 0.750 bits per heavy atom. The highest BCUT2D eigenvalue weighted by Gasteiger charge is 2.21. The van der Waals surface area contributed by atoms with Crippen LogP contribution in [-0.4, -0.2) is 39.9 Å². The lowest BCUT2D eigenvalue weighted by molar-refractivity contribution is 1.08. The molecule has 0 saturated carbocycles. The topological polar surface area (TPSA) is 103 Å². The van der Waals surface area contributed by atoms with Crippen LogP contribution in [0.2, 0.25) is 0 Å². The predicted octanol–water partition coefficient (Wildman–Crippen LogP) is 12.1. The Morgan fingerprint density at radius 3 is 1.40 bits per heavy atom. The van der Waals surface area contributed by atoms with Crippen molar-refractivity contribution in [3.63, 3.8) is 0 Å². The first-order valence-electron chi connectivity index (χ1n) is 19.7. The summed E-state index contributed by atoms with van der Waals surface area (Å²) < 4.78 is 0. The molecule has 0 bridgehead atoms. The zero-order valence-corrected chi connectivity index (χ0v) is 31.9. The van der Waals surface area contributed by atoms with E-state index in [0.29, 0.717) is 17.5 Å². The molecule has 0 aliphatic carbocycles. The van der Waals surface area contributed by atoms with E-state index in [1.54, 1.807) is 0 Å². The van der Waals surface area contributed by atoms with Gasteiger partial charge < -0.3 is 0 Å². The van der Waals surface area contributed by atoms with Crippen LogP contribution in [0.3, 0.4) is 0 Å². The molecule has 8 nitrogen and oxygen atoms in total. The van der Waals surface area contributed by atoms with Crippen molar-refractivity contribution < 1.29 is 0 Å². The Bertz CT molecular complexity index is 3490. The van der Waals surface area contributed by atoms with E-state index in [-0.39, 0.29) is 0 Å². The summed E-state index contributed by atoms with van der Waals surface area (Å²) in [5.74, 6) is 1.69. The fourth-order valence-electron chi connectivity index (χ4n) is 8.56. The molecule has 12 aromatic rings. The van der Waals surface area contributed by atoms with Crippen LogP contribution >= 0.6 is 0 Å². The quantitative estimate of drug-likeness (QED) is 0.126. The van der Waals surface area contributed by atoms with Crippen molar-refractivity contribution in [2.75, 3.05) is 0 Å². The zero-order chi connectivity index (χ0) is 39.6. The van der Waals surface area contributed by atoms with Gasteiger partial charge in [-0.2, -0.15) is 0 Å². The van der Waals surface area contributed by atoms with Crippen molar-refractivity contribution in [2.24, 2.45) is 0 Å². The fraction of sp³-hybridized carbons (Fsp3) is 0. The number of benzene rings is 6. The summed E-state index contributed by atoms with van der Waals surface area (Å²) in [6, 6.07) is 52.0.